The minimum Gasteiger partial charge on any atom is -0.382 e. The molecule has 4 nitrogen and oxygen atoms in total. The Morgan fingerprint density at radius 2 is 2.22 bits per heavy atom. The SMILES string of the molecule is CCOCCC1(CNC2=NCCCN2)CCC1.I. The first-order chi connectivity index (χ1) is 8.35. The van der Waals surface area contributed by atoms with E-state index in [2.05, 4.69) is 22.5 Å². The number of hydrogen-bond donors (Lipinski definition) is 2. The summed E-state index contributed by atoms with van der Waals surface area (Å²) < 4.78 is 5.48. The highest BCUT2D eigenvalue weighted by molar-refractivity contribution is 14.0. The molecule has 0 unspecified atom stereocenters. The van der Waals surface area contributed by atoms with Crippen LogP contribution in [-0.4, -0.2) is 38.8 Å². The van der Waals surface area contributed by atoms with E-state index >= 15 is 0 Å². The van der Waals surface area contributed by atoms with Crippen molar-refractivity contribution in [1.29, 1.82) is 0 Å². The van der Waals surface area contributed by atoms with Crippen LogP contribution in [0.4, 0.5) is 0 Å². The van der Waals surface area contributed by atoms with Gasteiger partial charge in [-0.1, -0.05) is 6.42 Å². The van der Waals surface area contributed by atoms with Crippen LogP contribution in [0.25, 0.3) is 0 Å². The van der Waals surface area contributed by atoms with Crippen LogP contribution >= 0.6 is 24.0 Å². The summed E-state index contributed by atoms with van der Waals surface area (Å²) in [5.41, 5.74) is 0.469. The average molecular weight is 367 g/mol. The number of aliphatic imine (C=N–C) groups is 1. The third-order valence-corrected chi connectivity index (χ3v) is 3.92. The lowest BCUT2D eigenvalue weighted by molar-refractivity contribution is 0.0572. The van der Waals surface area contributed by atoms with Crippen molar-refractivity contribution in [3.05, 3.63) is 0 Å². The van der Waals surface area contributed by atoms with Crippen molar-refractivity contribution < 1.29 is 4.74 Å². The molecule has 0 aromatic rings. The molecule has 18 heavy (non-hydrogen) atoms. The molecule has 5 heteroatoms. The van der Waals surface area contributed by atoms with Crippen LogP contribution in [-0.2, 0) is 4.74 Å². The van der Waals surface area contributed by atoms with Crippen LogP contribution in [0.1, 0.15) is 39.0 Å². The number of nitrogens with zero attached hydrogens (tertiary/aromatic N) is 1. The predicted octanol–water partition coefficient (Wildman–Crippen LogP) is 2.14. The Morgan fingerprint density at radius 3 is 2.78 bits per heavy atom. The van der Waals surface area contributed by atoms with Gasteiger partial charge in [0, 0.05) is 32.8 Å². The third kappa shape index (κ3) is 4.57. The van der Waals surface area contributed by atoms with E-state index in [1.807, 2.05) is 0 Å². The molecular weight excluding hydrogens is 341 g/mol. The number of guanidine groups is 1. The van der Waals surface area contributed by atoms with Crippen molar-refractivity contribution >= 4 is 29.9 Å². The van der Waals surface area contributed by atoms with Crippen molar-refractivity contribution in [3.63, 3.8) is 0 Å². The second-order valence-corrected chi connectivity index (χ2v) is 5.16. The topological polar surface area (TPSA) is 45.6 Å². The Hall–Kier alpha value is -0.0400. The third-order valence-electron chi connectivity index (χ3n) is 3.92. The first-order valence-corrected chi connectivity index (χ1v) is 6.95. The molecule has 2 aliphatic rings. The lowest BCUT2D eigenvalue weighted by Crippen LogP contribution is -2.48. The van der Waals surface area contributed by atoms with Crippen LogP contribution < -0.4 is 10.6 Å². The van der Waals surface area contributed by atoms with Crippen LogP contribution in [0, 0.1) is 5.41 Å². The molecule has 0 amide bonds. The Balaban J connectivity index is 0.00000162. The zero-order valence-electron chi connectivity index (χ0n) is 11.3. The molecule has 0 atom stereocenters. The molecule has 1 aliphatic heterocycles. The molecule has 1 aliphatic carbocycles. The quantitative estimate of drug-likeness (QED) is 0.559. The minimum absolute atomic E-state index is 0. The van der Waals surface area contributed by atoms with Gasteiger partial charge in [0.15, 0.2) is 5.96 Å². The number of hydrogen-bond acceptors (Lipinski definition) is 4. The van der Waals surface area contributed by atoms with Gasteiger partial charge in [0.2, 0.25) is 0 Å². The van der Waals surface area contributed by atoms with E-state index in [1.54, 1.807) is 0 Å². The Kier molecular flexibility index (Phi) is 7.29. The van der Waals surface area contributed by atoms with Crippen molar-refractivity contribution in [3.8, 4) is 0 Å². The minimum atomic E-state index is 0. The van der Waals surface area contributed by atoms with Crippen molar-refractivity contribution in [2.24, 2.45) is 10.4 Å². The Morgan fingerprint density at radius 1 is 1.39 bits per heavy atom. The second kappa shape index (κ2) is 8.19. The van der Waals surface area contributed by atoms with Gasteiger partial charge >= 0.3 is 0 Å². The number of ether oxygens (including phenoxy) is 1. The molecule has 1 fully saturated rings. The van der Waals surface area contributed by atoms with Gasteiger partial charge in [0.05, 0.1) is 0 Å². The fraction of sp³-hybridized carbons (Fsp3) is 0.923. The average Bonchev–Trinajstić information content (AvgIpc) is 2.33. The maximum absolute atomic E-state index is 5.48. The molecule has 0 aromatic heterocycles. The molecule has 1 saturated carbocycles. The van der Waals surface area contributed by atoms with Gasteiger partial charge in [-0.2, -0.15) is 0 Å². The van der Waals surface area contributed by atoms with Gasteiger partial charge in [0.1, 0.15) is 0 Å². The van der Waals surface area contributed by atoms with Gasteiger partial charge in [-0.3, -0.25) is 4.99 Å². The predicted molar refractivity (Wildman–Crippen MR) is 85.7 cm³/mol. The summed E-state index contributed by atoms with van der Waals surface area (Å²) in [6.45, 7) is 6.85. The Labute approximate surface area is 127 Å². The van der Waals surface area contributed by atoms with E-state index in [-0.39, 0.29) is 24.0 Å². The highest BCUT2D eigenvalue weighted by Crippen LogP contribution is 2.43. The van der Waals surface area contributed by atoms with Gasteiger partial charge in [-0.05, 0) is 38.0 Å². The summed E-state index contributed by atoms with van der Waals surface area (Å²) in [7, 11) is 0. The Bertz CT molecular complexity index is 267. The maximum Gasteiger partial charge on any atom is 0.191 e. The molecule has 2 N–H and O–H groups in total. The fourth-order valence-corrected chi connectivity index (χ4v) is 2.55. The largest absolute Gasteiger partial charge is 0.382 e. The lowest BCUT2D eigenvalue weighted by Gasteiger charge is -2.42. The van der Waals surface area contributed by atoms with E-state index in [0.717, 1.165) is 45.2 Å². The van der Waals surface area contributed by atoms with E-state index in [0.29, 0.717) is 5.41 Å². The second-order valence-electron chi connectivity index (χ2n) is 5.16. The molecule has 1 heterocycles. The summed E-state index contributed by atoms with van der Waals surface area (Å²) >= 11 is 0. The number of rotatable bonds is 6. The van der Waals surface area contributed by atoms with Crippen molar-refractivity contribution in [1.82, 2.24) is 10.6 Å². The molecule has 0 aromatic carbocycles. The zero-order valence-corrected chi connectivity index (χ0v) is 13.7. The van der Waals surface area contributed by atoms with Gasteiger partial charge in [0.25, 0.3) is 0 Å². The maximum atomic E-state index is 5.48. The molecule has 2 rings (SSSR count). The molecular formula is C13H26IN3O. The van der Waals surface area contributed by atoms with Gasteiger partial charge in [-0.25, -0.2) is 0 Å². The number of halogens is 1. The molecule has 0 saturated heterocycles. The first kappa shape index (κ1) is 16.0. The van der Waals surface area contributed by atoms with E-state index in [9.17, 15) is 0 Å². The van der Waals surface area contributed by atoms with Crippen molar-refractivity contribution in [2.45, 2.75) is 39.0 Å². The lowest BCUT2D eigenvalue weighted by atomic mass is 9.67. The molecule has 0 radical (unpaired) electrons. The summed E-state index contributed by atoms with van der Waals surface area (Å²) in [5, 5.41) is 6.79. The standard InChI is InChI=1S/C13H25N3O.HI/c1-2-17-10-7-13(5-3-6-13)11-16-12-14-8-4-9-15-12;/h2-11H2,1H3,(H2,14,15,16);1H. The van der Waals surface area contributed by atoms with Crippen molar-refractivity contribution in [2.75, 3.05) is 32.8 Å². The summed E-state index contributed by atoms with van der Waals surface area (Å²) in [6, 6.07) is 0. The van der Waals surface area contributed by atoms with Crippen LogP contribution in [0.15, 0.2) is 4.99 Å². The normalized spacial score (nSPS) is 21.1. The van der Waals surface area contributed by atoms with Crippen LogP contribution in [0.5, 0.6) is 0 Å². The highest BCUT2D eigenvalue weighted by Gasteiger charge is 2.36. The van der Waals surface area contributed by atoms with E-state index < -0.39 is 0 Å². The zero-order chi connectivity index (χ0) is 12.0. The molecule has 106 valence electrons. The smallest absolute Gasteiger partial charge is 0.191 e. The van der Waals surface area contributed by atoms with Crippen LogP contribution in [0.3, 0.4) is 0 Å². The summed E-state index contributed by atoms with van der Waals surface area (Å²) in [4.78, 5) is 4.45. The van der Waals surface area contributed by atoms with E-state index in [4.69, 9.17) is 4.74 Å². The van der Waals surface area contributed by atoms with Crippen LogP contribution in [0.2, 0.25) is 0 Å². The summed E-state index contributed by atoms with van der Waals surface area (Å²) in [6.07, 6.45) is 6.37. The molecule has 0 spiro atoms. The number of nitrogens with one attached hydrogen (secondary N) is 2. The first-order valence-electron chi connectivity index (χ1n) is 6.95. The fourth-order valence-electron chi connectivity index (χ4n) is 2.55. The highest BCUT2D eigenvalue weighted by atomic mass is 127. The summed E-state index contributed by atoms with van der Waals surface area (Å²) in [5.74, 6) is 0.999. The van der Waals surface area contributed by atoms with Gasteiger partial charge in [-0.15, -0.1) is 24.0 Å². The van der Waals surface area contributed by atoms with Gasteiger partial charge < -0.3 is 15.4 Å². The monoisotopic (exact) mass is 367 g/mol. The molecule has 0 bridgehead atoms. The van der Waals surface area contributed by atoms with E-state index in [1.165, 1.54) is 25.7 Å².